The highest BCUT2D eigenvalue weighted by molar-refractivity contribution is 7.13. The fourth-order valence-corrected chi connectivity index (χ4v) is 3.43. The molecule has 0 N–H and O–H groups in total. The summed E-state index contributed by atoms with van der Waals surface area (Å²) in [4.78, 5) is 16.8. The Morgan fingerprint density at radius 1 is 1.22 bits per heavy atom. The number of thiophene rings is 1. The van der Waals surface area contributed by atoms with E-state index in [1.165, 1.54) is 0 Å². The van der Waals surface area contributed by atoms with E-state index in [4.69, 9.17) is 9.47 Å². The van der Waals surface area contributed by atoms with Gasteiger partial charge in [0.15, 0.2) is 0 Å². The van der Waals surface area contributed by atoms with E-state index in [9.17, 15) is 4.79 Å². The highest BCUT2D eigenvalue weighted by atomic mass is 32.1. The van der Waals surface area contributed by atoms with Crippen LogP contribution in [0.4, 0.5) is 0 Å². The van der Waals surface area contributed by atoms with Gasteiger partial charge in [-0.3, -0.25) is 4.79 Å². The van der Waals surface area contributed by atoms with E-state index in [0.717, 1.165) is 39.7 Å². The minimum absolute atomic E-state index is 0.114. The van der Waals surface area contributed by atoms with Crippen LogP contribution in [0, 0.1) is 6.92 Å². The predicted molar refractivity (Wildman–Crippen MR) is 91.5 cm³/mol. The number of benzene rings is 1. The third kappa shape index (κ3) is 3.50. The lowest BCUT2D eigenvalue weighted by molar-refractivity contribution is 0.0733. The largest absolute Gasteiger partial charge is 0.497 e. The van der Waals surface area contributed by atoms with Crippen molar-refractivity contribution in [3.05, 3.63) is 45.6 Å². The van der Waals surface area contributed by atoms with Crippen LogP contribution in [0.25, 0.3) is 0 Å². The molecule has 1 heterocycles. The van der Waals surface area contributed by atoms with Crippen molar-refractivity contribution in [3.8, 4) is 11.5 Å². The fraction of sp³-hybridized carbons (Fsp3) is 0.389. The third-order valence-electron chi connectivity index (χ3n) is 4.03. The number of hydrogen-bond donors (Lipinski definition) is 0. The lowest BCUT2D eigenvalue weighted by Crippen LogP contribution is -2.32. The molecule has 1 aromatic carbocycles. The lowest BCUT2D eigenvalue weighted by atomic mass is 10.1. The summed E-state index contributed by atoms with van der Waals surface area (Å²) in [7, 11) is 3.28. The zero-order valence-electron chi connectivity index (χ0n) is 13.7. The zero-order valence-corrected chi connectivity index (χ0v) is 14.5. The smallest absolute Gasteiger partial charge is 0.264 e. The van der Waals surface area contributed by atoms with Crippen molar-refractivity contribution in [1.29, 1.82) is 0 Å². The molecule has 1 amide bonds. The molecule has 23 heavy (non-hydrogen) atoms. The predicted octanol–water partition coefficient (Wildman–Crippen LogP) is 3.88. The average molecular weight is 331 g/mol. The van der Waals surface area contributed by atoms with Gasteiger partial charge >= 0.3 is 0 Å². The molecule has 0 bridgehead atoms. The van der Waals surface area contributed by atoms with Crippen LogP contribution in [0.5, 0.6) is 11.5 Å². The zero-order chi connectivity index (χ0) is 16.4. The fourth-order valence-electron chi connectivity index (χ4n) is 2.61. The number of nitrogens with zero attached hydrogens (tertiary/aromatic N) is 1. The number of hydrogen-bond acceptors (Lipinski definition) is 4. The lowest BCUT2D eigenvalue weighted by Gasteiger charge is -2.23. The molecule has 2 aromatic rings. The Bertz CT molecular complexity index is 706. The molecule has 1 aliphatic rings. The van der Waals surface area contributed by atoms with Crippen LogP contribution in [-0.4, -0.2) is 31.1 Å². The maximum atomic E-state index is 12.8. The summed E-state index contributed by atoms with van der Waals surface area (Å²) in [5, 5.41) is 0. The summed E-state index contributed by atoms with van der Waals surface area (Å²) < 4.78 is 10.7. The second-order valence-corrected chi connectivity index (χ2v) is 7.04. The van der Waals surface area contributed by atoms with Crippen LogP contribution in [0.2, 0.25) is 0 Å². The molecule has 1 aromatic heterocycles. The standard InChI is InChI=1S/C18H21NO3S/c1-12-4-9-17(23-12)18(20)19(14-6-7-14)11-13-5-8-15(21-2)10-16(13)22-3/h4-5,8-10,14H,6-7,11H2,1-3H3. The van der Waals surface area contributed by atoms with Crippen LogP contribution in [0.1, 0.15) is 33.0 Å². The molecule has 1 saturated carbocycles. The van der Waals surface area contributed by atoms with Crippen LogP contribution in [0.15, 0.2) is 30.3 Å². The van der Waals surface area contributed by atoms with Gasteiger partial charge in [-0.05, 0) is 44.0 Å². The summed E-state index contributed by atoms with van der Waals surface area (Å²) in [5.41, 5.74) is 1.00. The van der Waals surface area contributed by atoms with Crippen molar-refractivity contribution < 1.29 is 14.3 Å². The number of amides is 1. The maximum absolute atomic E-state index is 12.8. The Labute approximate surface area is 140 Å². The van der Waals surface area contributed by atoms with Gasteiger partial charge in [-0.25, -0.2) is 0 Å². The van der Waals surface area contributed by atoms with Gasteiger partial charge in [0.25, 0.3) is 5.91 Å². The normalized spacial score (nSPS) is 13.7. The van der Waals surface area contributed by atoms with Crippen molar-refractivity contribution >= 4 is 17.2 Å². The molecule has 0 unspecified atom stereocenters. The number of ether oxygens (including phenoxy) is 2. The Balaban J connectivity index is 1.84. The van der Waals surface area contributed by atoms with Crippen molar-refractivity contribution in [2.24, 2.45) is 0 Å². The minimum atomic E-state index is 0.114. The third-order valence-corrected chi connectivity index (χ3v) is 5.02. The first-order chi connectivity index (χ1) is 11.1. The minimum Gasteiger partial charge on any atom is -0.497 e. The van der Waals surface area contributed by atoms with Gasteiger partial charge < -0.3 is 14.4 Å². The van der Waals surface area contributed by atoms with Gasteiger partial charge in [-0.15, -0.1) is 11.3 Å². The molecule has 0 spiro atoms. The number of carbonyl (C=O) groups excluding carboxylic acids is 1. The van der Waals surface area contributed by atoms with E-state index in [0.29, 0.717) is 12.6 Å². The first-order valence-corrected chi connectivity index (χ1v) is 8.52. The topological polar surface area (TPSA) is 38.8 Å². The second-order valence-electron chi connectivity index (χ2n) is 5.75. The number of methoxy groups -OCH3 is 2. The summed E-state index contributed by atoms with van der Waals surface area (Å²) in [5.74, 6) is 1.62. The number of carbonyl (C=O) groups is 1. The molecule has 5 heteroatoms. The van der Waals surface area contributed by atoms with Crippen LogP contribution in [-0.2, 0) is 6.54 Å². The monoisotopic (exact) mass is 331 g/mol. The summed E-state index contributed by atoms with van der Waals surface area (Å²) >= 11 is 1.55. The van der Waals surface area contributed by atoms with E-state index < -0.39 is 0 Å². The van der Waals surface area contributed by atoms with Crippen LogP contribution in [0.3, 0.4) is 0 Å². The molecule has 4 nitrogen and oxygen atoms in total. The van der Waals surface area contributed by atoms with Crippen molar-refractivity contribution in [2.75, 3.05) is 14.2 Å². The molecule has 1 fully saturated rings. The van der Waals surface area contributed by atoms with Gasteiger partial charge in [0.2, 0.25) is 0 Å². The van der Waals surface area contributed by atoms with Gasteiger partial charge in [0.05, 0.1) is 19.1 Å². The van der Waals surface area contributed by atoms with E-state index >= 15 is 0 Å². The summed E-state index contributed by atoms with van der Waals surface area (Å²) in [6.07, 6.45) is 2.16. The average Bonchev–Trinajstić information content (AvgIpc) is 3.32. The van der Waals surface area contributed by atoms with Gasteiger partial charge in [0, 0.05) is 29.1 Å². The Hall–Kier alpha value is -2.01. The quantitative estimate of drug-likeness (QED) is 0.806. The molecule has 0 atom stereocenters. The first kappa shape index (κ1) is 15.9. The van der Waals surface area contributed by atoms with E-state index in [1.54, 1.807) is 25.6 Å². The first-order valence-electron chi connectivity index (χ1n) is 7.70. The number of rotatable bonds is 6. The molecular weight excluding hydrogens is 310 g/mol. The van der Waals surface area contributed by atoms with Crippen molar-refractivity contribution in [3.63, 3.8) is 0 Å². The Morgan fingerprint density at radius 2 is 2.00 bits per heavy atom. The van der Waals surface area contributed by atoms with Crippen molar-refractivity contribution in [1.82, 2.24) is 4.90 Å². The highest BCUT2D eigenvalue weighted by Gasteiger charge is 2.34. The molecule has 122 valence electrons. The summed E-state index contributed by atoms with van der Waals surface area (Å²) in [6.45, 7) is 2.59. The van der Waals surface area contributed by atoms with Crippen LogP contribution < -0.4 is 9.47 Å². The van der Waals surface area contributed by atoms with Crippen molar-refractivity contribution in [2.45, 2.75) is 32.4 Å². The van der Waals surface area contributed by atoms with Gasteiger partial charge in [-0.2, -0.15) is 0 Å². The van der Waals surface area contributed by atoms with Crippen LogP contribution >= 0.6 is 11.3 Å². The maximum Gasteiger partial charge on any atom is 0.264 e. The Morgan fingerprint density at radius 3 is 2.57 bits per heavy atom. The molecular formula is C18H21NO3S. The van der Waals surface area contributed by atoms with E-state index in [2.05, 4.69) is 0 Å². The Kier molecular flexibility index (Phi) is 4.57. The van der Waals surface area contributed by atoms with Gasteiger partial charge in [0.1, 0.15) is 11.5 Å². The molecule has 0 aliphatic heterocycles. The highest BCUT2D eigenvalue weighted by Crippen LogP contribution is 2.33. The second kappa shape index (κ2) is 6.62. The van der Waals surface area contributed by atoms with E-state index in [1.807, 2.05) is 42.2 Å². The number of aryl methyl sites for hydroxylation is 1. The SMILES string of the molecule is COc1ccc(CN(C(=O)c2ccc(C)s2)C2CC2)c(OC)c1. The molecule has 0 saturated heterocycles. The molecule has 3 rings (SSSR count). The molecule has 1 aliphatic carbocycles. The summed E-state index contributed by atoms with van der Waals surface area (Å²) in [6, 6.07) is 10.00. The van der Waals surface area contributed by atoms with E-state index in [-0.39, 0.29) is 5.91 Å². The molecule has 0 radical (unpaired) electrons. The van der Waals surface area contributed by atoms with Gasteiger partial charge in [-0.1, -0.05) is 0 Å².